The van der Waals surface area contributed by atoms with Crippen LogP contribution in [0.15, 0.2) is 42.1 Å². The highest BCUT2D eigenvalue weighted by atomic mass is 16.1. The largest absolute Gasteiger partial charge is 0.366 e. The van der Waals surface area contributed by atoms with Crippen molar-refractivity contribution < 1.29 is 4.79 Å². The van der Waals surface area contributed by atoms with Gasteiger partial charge in [0.25, 0.3) is 0 Å². The third kappa shape index (κ3) is 1.75. The fourth-order valence-electron chi connectivity index (χ4n) is 2.26. The minimum atomic E-state index is -0.479. The van der Waals surface area contributed by atoms with E-state index in [0.29, 0.717) is 17.2 Å². The Kier molecular flexibility index (Phi) is 2.52. The first-order valence-corrected chi connectivity index (χ1v) is 5.75. The van der Waals surface area contributed by atoms with Gasteiger partial charge in [0.15, 0.2) is 0 Å². The van der Waals surface area contributed by atoms with Gasteiger partial charge in [0.1, 0.15) is 12.4 Å². The average Bonchev–Trinajstić information content (AvgIpc) is 2.85. The van der Waals surface area contributed by atoms with Crippen molar-refractivity contribution in [2.45, 2.75) is 13.0 Å². The maximum absolute atomic E-state index is 11.7. The van der Waals surface area contributed by atoms with E-state index in [1.54, 1.807) is 24.0 Å². The number of allylic oxidation sites excluding steroid dienone is 1. The topological polar surface area (TPSA) is 98.7 Å². The lowest BCUT2D eigenvalue weighted by Crippen LogP contribution is -2.31. The summed E-state index contributed by atoms with van der Waals surface area (Å²) < 4.78 is 1.64. The van der Waals surface area contributed by atoms with E-state index in [4.69, 9.17) is 5.73 Å². The average molecular weight is 256 g/mol. The molecule has 0 fully saturated rings. The number of rotatable bonds is 2. The van der Waals surface area contributed by atoms with E-state index in [0.717, 1.165) is 5.56 Å². The molecule has 1 aliphatic heterocycles. The van der Waals surface area contributed by atoms with E-state index >= 15 is 0 Å². The second-order valence-corrected chi connectivity index (χ2v) is 4.24. The monoisotopic (exact) mass is 256 g/mol. The Hall–Kier alpha value is -2.70. The predicted octanol–water partition coefficient (Wildman–Crippen LogP) is 0.447. The van der Waals surface area contributed by atoms with Crippen molar-refractivity contribution in [1.29, 1.82) is 0 Å². The van der Waals surface area contributed by atoms with Gasteiger partial charge in [0.2, 0.25) is 11.9 Å². The van der Waals surface area contributed by atoms with Gasteiger partial charge >= 0.3 is 0 Å². The molecule has 2 aromatic rings. The van der Waals surface area contributed by atoms with Crippen LogP contribution in [0.5, 0.6) is 0 Å². The molecule has 1 atom stereocenters. The molecule has 3 N–H and O–H groups in total. The zero-order chi connectivity index (χ0) is 13.4. The quantitative estimate of drug-likeness (QED) is 0.812. The Morgan fingerprint density at radius 3 is 2.84 bits per heavy atom. The molecule has 0 aromatic carbocycles. The van der Waals surface area contributed by atoms with Gasteiger partial charge in [-0.2, -0.15) is 10.1 Å². The molecule has 0 spiro atoms. The Bertz CT molecular complexity index is 660. The van der Waals surface area contributed by atoms with Crippen LogP contribution in [0, 0.1) is 0 Å². The smallest absolute Gasteiger partial charge is 0.248 e. The van der Waals surface area contributed by atoms with Gasteiger partial charge in [-0.25, -0.2) is 4.68 Å². The van der Waals surface area contributed by atoms with Gasteiger partial charge in [-0.05, 0) is 24.6 Å². The minimum absolute atomic E-state index is 0.376. The molecule has 2 aromatic heterocycles. The van der Waals surface area contributed by atoms with Gasteiger partial charge in [-0.1, -0.05) is 0 Å². The minimum Gasteiger partial charge on any atom is -0.366 e. The number of nitrogens with one attached hydrogen (secondary N) is 1. The third-order valence-electron chi connectivity index (χ3n) is 3.08. The summed E-state index contributed by atoms with van der Waals surface area (Å²) in [6, 6.07) is 3.29. The summed E-state index contributed by atoms with van der Waals surface area (Å²) in [5.41, 5.74) is 7.55. The van der Waals surface area contributed by atoms with E-state index < -0.39 is 5.91 Å². The van der Waals surface area contributed by atoms with E-state index in [1.807, 2.05) is 12.1 Å². The number of amides is 1. The summed E-state index contributed by atoms with van der Waals surface area (Å²) in [7, 11) is 0. The molecule has 0 saturated heterocycles. The number of aromatic nitrogens is 4. The Morgan fingerprint density at radius 1 is 1.42 bits per heavy atom. The summed E-state index contributed by atoms with van der Waals surface area (Å²) in [4.78, 5) is 19.8. The highest BCUT2D eigenvalue weighted by molar-refractivity contribution is 5.95. The Labute approximate surface area is 109 Å². The van der Waals surface area contributed by atoms with Gasteiger partial charge < -0.3 is 11.1 Å². The van der Waals surface area contributed by atoms with Gasteiger partial charge in [0.05, 0.1) is 5.57 Å². The molecule has 1 amide bonds. The Morgan fingerprint density at radius 2 is 2.16 bits per heavy atom. The van der Waals surface area contributed by atoms with Crippen molar-refractivity contribution in [2.24, 2.45) is 5.73 Å². The standard InChI is InChI=1S/C12H12N6O/c1-7-9(11(13)19)10(8-2-4-14-5-3-8)18-12(17-7)15-6-16-18/h2-6,10H,1H3,(H2,13,19)(H,15,16,17)/t10-/m0/s1. The highest BCUT2D eigenvalue weighted by Crippen LogP contribution is 2.33. The molecule has 19 heavy (non-hydrogen) atoms. The number of nitrogens with two attached hydrogens (primary N) is 1. The molecule has 0 aliphatic carbocycles. The second-order valence-electron chi connectivity index (χ2n) is 4.24. The number of anilines is 1. The maximum atomic E-state index is 11.7. The van der Waals surface area contributed by atoms with Crippen LogP contribution in [0.3, 0.4) is 0 Å². The summed E-state index contributed by atoms with van der Waals surface area (Å²) in [6.07, 6.45) is 4.78. The molecule has 96 valence electrons. The molecule has 0 unspecified atom stereocenters. The molecule has 0 saturated carbocycles. The van der Waals surface area contributed by atoms with Crippen LogP contribution in [0.2, 0.25) is 0 Å². The lowest BCUT2D eigenvalue weighted by Gasteiger charge is -2.27. The zero-order valence-electron chi connectivity index (χ0n) is 10.2. The molecule has 0 bridgehead atoms. The fourth-order valence-corrected chi connectivity index (χ4v) is 2.26. The maximum Gasteiger partial charge on any atom is 0.248 e. The normalized spacial score (nSPS) is 17.8. The number of pyridine rings is 1. The number of carbonyl (C=O) groups is 1. The molecular weight excluding hydrogens is 244 g/mol. The van der Waals surface area contributed by atoms with Crippen molar-refractivity contribution >= 4 is 11.9 Å². The van der Waals surface area contributed by atoms with E-state index in [2.05, 4.69) is 20.4 Å². The van der Waals surface area contributed by atoms with Crippen molar-refractivity contribution in [3.63, 3.8) is 0 Å². The number of hydrogen-bond donors (Lipinski definition) is 2. The van der Waals surface area contributed by atoms with Crippen molar-refractivity contribution in [2.75, 3.05) is 5.32 Å². The van der Waals surface area contributed by atoms with E-state index in [-0.39, 0.29) is 6.04 Å². The lowest BCUT2D eigenvalue weighted by atomic mass is 9.96. The number of fused-ring (bicyclic) bond motifs is 1. The molecule has 0 radical (unpaired) electrons. The molecule has 3 heterocycles. The van der Waals surface area contributed by atoms with Gasteiger partial charge in [-0.3, -0.25) is 9.78 Å². The van der Waals surface area contributed by atoms with Crippen LogP contribution >= 0.6 is 0 Å². The van der Waals surface area contributed by atoms with Gasteiger partial charge in [0, 0.05) is 18.1 Å². The SMILES string of the molecule is CC1=C(C(N)=O)[C@H](c2ccncc2)n2ncnc2N1. The fraction of sp³-hybridized carbons (Fsp3) is 0.167. The van der Waals surface area contributed by atoms with Crippen LogP contribution in [0.4, 0.5) is 5.95 Å². The molecule has 1 aliphatic rings. The summed E-state index contributed by atoms with van der Waals surface area (Å²) in [5.74, 6) is 0.109. The van der Waals surface area contributed by atoms with Crippen LogP contribution in [0.1, 0.15) is 18.5 Å². The summed E-state index contributed by atoms with van der Waals surface area (Å²) in [6.45, 7) is 1.80. The Balaban J connectivity index is 2.21. The first-order chi connectivity index (χ1) is 9.18. The first-order valence-electron chi connectivity index (χ1n) is 5.75. The van der Waals surface area contributed by atoms with E-state index in [9.17, 15) is 4.79 Å². The summed E-state index contributed by atoms with van der Waals surface area (Å²) >= 11 is 0. The van der Waals surface area contributed by atoms with Crippen LogP contribution in [-0.4, -0.2) is 25.7 Å². The van der Waals surface area contributed by atoms with Crippen LogP contribution in [0.25, 0.3) is 0 Å². The number of carbonyl (C=O) groups excluding carboxylic acids is 1. The molecule has 7 heteroatoms. The lowest BCUT2D eigenvalue weighted by molar-refractivity contribution is -0.115. The number of nitrogens with zero attached hydrogens (tertiary/aromatic N) is 4. The van der Waals surface area contributed by atoms with Crippen LogP contribution in [-0.2, 0) is 4.79 Å². The third-order valence-corrected chi connectivity index (χ3v) is 3.08. The zero-order valence-corrected chi connectivity index (χ0v) is 10.2. The van der Waals surface area contributed by atoms with E-state index in [1.165, 1.54) is 6.33 Å². The first kappa shape index (κ1) is 11.4. The number of hydrogen-bond acceptors (Lipinski definition) is 5. The summed E-state index contributed by atoms with van der Waals surface area (Å²) in [5, 5.41) is 7.19. The predicted molar refractivity (Wildman–Crippen MR) is 67.9 cm³/mol. The van der Waals surface area contributed by atoms with Crippen molar-refractivity contribution in [1.82, 2.24) is 19.7 Å². The van der Waals surface area contributed by atoms with Crippen molar-refractivity contribution in [3.8, 4) is 0 Å². The molecule has 7 nitrogen and oxygen atoms in total. The van der Waals surface area contributed by atoms with Crippen molar-refractivity contribution in [3.05, 3.63) is 47.7 Å². The number of primary amides is 1. The van der Waals surface area contributed by atoms with Crippen LogP contribution < -0.4 is 11.1 Å². The molecular formula is C12H12N6O. The highest BCUT2D eigenvalue weighted by Gasteiger charge is 2.31. The molecule has 3 rings (SSSR count). The van der Waals surface area contributed by atoms with Gasteiger partial charge in [-0.15, -0.1) is 0 Å². The second kappa shape index (κ2) is 4.20.